The second-order valence-corrected chi connectivity index (χ2v) is 5.85. The van der Waals surface area contributed by atoms with Crippen LogP contribution >= 0.6 is 0 Å². The molecule has 1 aromatic heterocycles. The Bertz CT molecular complexity index is 521. The zero-order valence-electron chi connectivity index (χ0n) is 11.6. The molecule has 3 heterocycles. The normalized spacial score (nSPS) is 34.0. The van der Waals surface area contributed by atoms with Crippen molar-refractivity contribution in [3.8, 4) is 0 Å². The van der Waals surface area contributed by atoms with Crippen molar-refractivity contribution in [3.63, 3.8) is 0 Å². The van der Waals surface area contributed by atoms with Gasteiger partial charge in [0.2, 0.25) is 0 Å². The quantitative estimate of drug-likeness (QED) is 0.859. The maximum atomic E-state index is 13.2. The lowest BCUT2D eigenvalue weighted by Gasteiger charge is -2.50. The minimum Gasteiger partial charge on any atom is -0.383 e. The summed E-state index contributed by atoms with van der Waals surface area (Å²) >= 11 is 0. The monoisotopic (exact) mass is 302 g/mol. The summed E-state index contributed by atoms with van der Waals surface area (Å²) in [6.07, 6.45) is -2.83. The largest absolute Gasteiger partial charge is 0.418 e. The first-order valence-electron chi connectivity index (χ1n) is 6.86. The number of alkyl halides is 3. The summed E-state index contributed by atoms with van der Waals surface area (Å²) in [6, 6.07) is 2.04. The highest BCUT2D eigenvalue weighted by molar-refractivity contribution is 5.29. The topological polar surface area (TPSA) is 45.6 Å². The summed E-state index contributed by atoms with van der Waals surface area (Å²) in [5.74, 6) is 0. The van der Waals surface area contributed by atoms with Gasteiger partial charge in [0.1, 0.15) is 5.60 Å². The van der Waals surface area contributed by atoms with E-state index in [4.69, 9.17) is 4.74 Å². The Morgan fingerprint density at radius 3 is 2.52 bits per heavy atom. The van der Waals surface area contributed by atoms with Crippen LogP contribution in [0.3, 0.4) is 0 Å². The molecule has 1 aromatic rings. The van der Waals surface area contributed by atoms with E-state index in [2.05, 4.69) is 9.88 Å². The summed E-state index contributed by atoms with van der Waals surface area (Å²) in [6.45, 7) is 0.840. The molecule has 1 N–H and O–H groups in total. The fourth-order valence-electron chi connectivity index (χ4n) is 3.34. The van der Waals surface area contributed by atoms with E-state index in [1.54, 1.807) is 0 Å². The highest BCUT2D eigenvalue weighted by Gasteiger charge is 2.49. The van der Waals surface area contributed by atoms with E-state index in [1.165, 1.54) is 12.3 Å². The number of piperidine rings is 1. The second-order valence-electron chi connectivity index (χ2n) is 5.85. The number of pyridine rings is 1. The summed E-state index contributed by atoms with van der Waals surface area (Å²) in [7, 11) is 1.92. The molecule has 2 bridgehead atoms. The number of halogens is 3. The molecule has 4 nitrogen and oxygen atoms in total. The van der Waals surface area contributed by atoms with Crippen LogP contribution in [0.2, 0.25) is 0 Å². The number of fused-ring (bicyclic) bond motifs is 2. The maximum Gasteiger partial charge on any atom is 0.418 e. The average Bonchev–Trinajstić information content (AvgIpc) is 2.40. The van der Waals surface area contributed by atoms with Gasteiger partial charge in [-0.2, -0.15) is 13.2 Å². The van der Waals surface area contributed by atoms with Gasteiger partial charge in [0.05, 0.1) is 24.5 Å². The number of hydrogen-bond acceptors (Lipinski definition) is 4. The number of nitrogens with zero attached hydrogens (tertiary/aromatic N) is 2. The van der Waals surface area contributed by atoms with Gasteiger partial charge in [-0.3, -0.25) is 9.88 Å². The van der Waals surface area contributed by atoms with Crippen molar-refractivity contribution in [1.82, 2.24) is 9.88 Å². The summed E-state index contributed by atoms with van der Waals surface area (Å²) < 4.78 is 44.9. The smallest absolute Gasteiger partial charge is 0.383 e. The van der Waals surface area contributed by atoms with Crippen molar-refractivity contribution in [3.05, 3.63) is 29.6 Å². The number of morpholine rings is 1. The second kappa shape index (κ2) is 4.93. The lowest BCUT2D eigenvalue weighted by molar-refractivity contribution is -0.155. The molecule has 2 saturated heterocycles. The Morgan fingerprint density at radius 2 is 1.95 bits per heavy atom. The molecule has 7 heteroatoms. The van der Waals surface area contributed by atoms with Crippen LogP contribution in [0, 0.1) is 0 Å². The van der Waals surface area contributed by atoms with Gasteiger partial charge in [-0.15, -0.1) is 0 Å². The fraction of sp³-hybridized carbons (Fsp3) is 0.643. The van der Waals surface area contributed by atoms with Gasteiger partial charge < -0.3 is 9.84 Å². The van der Waals surface area contributed by atoms with Gasteiger partial charge in [0.25, 0.3) is 0 Å². The molecule has 0 saturated carbocycles. The number of aromatic nitrogens is 1. The molecular weight excluding hydrogens is 285 g/mol. The van der Waals surface area contributed by atoms with Crippen molar-refractivity contribution in [2.24, 2.45) is 0 Å². The van der Waals surface area contributed by atoms with Crippen molar-refractivity contribution >= 4 is 0 Å². The third-order valence-corrected chi connectivity index (χ3v) is 4.47. The standard InChI is InChI=1S/C14H17F3N2O2/c1-19-9-5-13(20,6-10(19)8-21-7-9)12-11(14(15,16)17)3-2-4-18-12/h2-4,9-10,20H,5-8H2,1H3. The Morgan fingerprint density at radius 1 is 1.33 bits per heavy atom. The third-order valence-electron chi connectivity index (χ3n) is 4.47. The van der Waals surface area contributed by atoms with Crippen LogP contribution in [-0.4, -0.2) is 47.3 Å². The Kier molecular flexibility index (Phi) is 3.46. The zero-order chi connectivity index (χ0) is 15.3. The number of aliphatic hydroxyl groups is 1. The molecule has 2 fully saturated rings. The van der Waals surface area contributed by atoms with Crippen molar-refractivity contribution in [2.75, 3.05) is 20.3 Å². The first-order chi connectivity index (χ1) is 9.81. The molecule has 21 heavy (non-hydrogen) atoms. The Labute approximate surface area is 120 Å². The first-order valence-corrected chi connectivity index (χ1v) is 6.86. The maximum absolute atomic E-state index is 13.2. The average molecular weight is 302 g/mol. The lowest BCUT2D eigenvalue weighted by atomic mass is 9.78. The van der Waals surface area contributed by atoms with Crippen LogP contribution in [0.15, 0.2) is 18.3 Å². The molecule has 116 valence electrons. The predicted octanol–water partition coefficient (Wildman–Crippen LogP) is 1.78. The summed E-state index contributed by atoms with van der Waals surface area (Å²) in [5, 5.41) is 10.9. The van der Waals surface area contributed by atoms with E-state index in [1.807, 2.05) is 7.05 Å². The van der Waals surface area contributed by atoms with Crippen LogP contribution in [0.5, 0.6) is 0 Å². The lowest BCUT2D eigenvalue weighted by Crippen LogP contribution is -2.59. The van der Waals surface area contributed by atoms with Crippen LogP contribution in [0.1, 0.15) is 24.1 Å². The number of hydrogen-bond donors (Lipinski definition) is 1. The predicted molar refractivity (Wildman–Crippen MR) is 68.5 cm³/mol. The molecular formula is C14H17F3N2O2. The number of ether oxygens (including phenoxy) is 1. The number of likely N-dealkylation sites (N-methyl/N-ethyl adjacent to an activating group) is 1. The van der Waals surface area contributed by atoms with Gasteiger partial charge in [0.15, 0.2) is 0 Å². The van der Waals surface area contributed by atoms with Crippen molar-refractivity contribution in [2.45, 2.75) is 36.7 Å². The van der Waals surface area contributed by atoms with Gasteiger partial charge in [-0.25, -0.2) is 0 Å². The molecule has 0 aliphatic carbocycles. The molecule has 2 atom stereocenters. The molecule has 2 aliphatic rings. The van der Waals surface area contributed by atoms with Crippen LogP contribution in [0.4, 0.5) is 13.2 Å². The Balaban J connectivity index is 2.00. The minimum absolute atomic E-state index is 0.0920. The van der Waals surface area contributed by atoms with Crippen LogP contribution in [0.25, 0.3) is 0 Å². The minimum atomic E-state index is -4.52. The Hall–Kier alpha value is -1.18. The molecule has 2 unspecified atom stereocenters. The van der Waals surface area contributed by atoms with E-state index in [-0.39, 0.29) is 30.6 Å². The van der Waals surface area contributed by atoms with E-state index in [9.17, 15) is 18.3 Å². The number of rotatable bonds is 1. The zero-order valence-corrected chi connectivity index (χ0v) is 11.6. The van der Waals surface area contributed by atoms with Crippen LogP contribution in [-0.2, 0) is 16.5 Å². The van der Waals surface area contributed by atoms with Gasteiger partial charge in [0, 0.05) is 18.3 Å². The third kappa shape index (κ3) is 2.54. The molecule has 2 aliphatic heterocycles. The first kappa shape index (κ1) is 14.7. The van der Waals surface area contributed by atoms with Gasteiger partial charge >= 0.3 is 6.18 Å². The van der Waals surface area contributed by atoms with E-state index >= 15 is 0 Å². The van der Waals surface area contributed by atoms with Crippen molar-refractivity contribution in [1.29, 1.82) is 0 Å². The molecule has 3 rings (SSSR count). The fourth-order valence-corrected chi connectivity index (χ4v) is 3.34. The van der Waals surface area contributed by atoms with E-state index < -0.39 is 17.3 Å². The van der Waals surface area contributed by atoms with Crippen LogP contribution < -0.4 is 0 Å². The van der Waals surface area contributed by atoms with E-state index in [0.717, 1.165) is 6.07 Å². The molecule has 0 radical (unpaired) electrons. The van der Waals surface area contributed by atoms with E-state index in [0.29, 0.717) is 13.2 Å². The summed E-state index contributed by atoms with van der Waals surface area (Å²) in [4.78, 5) is 5.94. The van der Waals surface area contributed by atoms with Gasteiger partial charge in [-0.05, 0) is 32.0 Å². The molecule has 0 aromatic carbocycles. The van der Waals surface area contributed by atoms with Gasteiger partial charge in [-0.1, -0.05) is 0 Å². The highest BCUT2D eigenvalue weighted by atomic mass is 19.4. The molecule has 0 amide bonds. The van der Waals surface area contributed by atoms with Crippen molar-refractivity contribution < 1.29 is 23.0 Å². The SMILES string of the molecule is CN1C2COCC1CC(O)(c1ncccc1C(F)(F)F)C2. The highest BCUT2D eigenvalue weighted by Crippen LogP contribution is 2.43. The summed E-state index contributed by atoms with van der Waals surface area (Å²) in [5.41, 5.74) is -2.67. The molecule has 0 spiro atoms.